The van der Waals surface area contributed by atoms with E-state index in [2.05, 4.69) is 44.8 Å². The molecule has 0 amide bonds. The molecule has 0 bridgehead atoms. The molecule has 48 heavy (non-hydrogen) atoms. The summed E-state index contributed by atoms with van der Waals surface area (Å²) in [4.78, 5) is 2.57. The average molecular weight is 673 g/mol. The van der Waals surface area contributed by atoms with Crippen LogP contribution in [-0.4, -0.2) is 103 Å². The maximum atomic E-state index is 12.6. The predicted molar refractivity (Wildman–Crippen MR) is 185 cm³/mol. The molecule has 2 spiro atoms. The van der Waals surface area contributed by atoms with Gasteiger partial charge in [0.1, 0.15) is 6.10 Å². The number of rotatable bonds is 8. The van der Waals surface area contributed by atoms with Crippen LogP contribution in [0.4, 0.5) is 0 Å². The van der Waals surface area contributed by atoms with Gasteiger partial charge >= 0.3 is 0 Å². The Bertz CT molecular complexity index is 1220. The molecule has 3 heterocycles. The van der Waals surface area contributed by atoms with Crippen LogP contribution in [0.3, 0.4) is 0 Å². The second-order valence-corrected chi connectivity index (χ2v) is 19.8. The molecule has 3 saturated heterocycles. The zero-order valence-corrected chi connectivity index (χ0v) is 31.4. The van der Waals surface area contributed by atoms with Crippen LogP contribution < -0.4 is 5.32 Å². The van der Waals surface area contributed by atoms with Crippen molar-refractivity contribution in [3.8, 4) is 0 Å². The van der Waals surface area contributed by atoms with Crippen LogP contribution >= 0.6 is 0 Å². The van der Waals surface area contributed by atoms with Gasteiger partial charge in [-0.1, -0.05) is 34.6 Å². The molecule has 274 valence electrons. The summed E-state index contributed by atoms with van der Waals surface area (Å²) in [6, 6.07) is 0. The fourth-order valence-corrected chi connectivity index (χ4v) is 14.6. The van der Waals surface area contributed by atoms with E-state index in [0.29, 0.717) is 41.1 Å². The van der Waals surface area contributed by atoms with Crippen LogP contribution in [-0.2, 0) is 18.9 Å². The number of morpholine rings is 1. The summed E-state index contributed by atoms with van der Waals surface area (Å²) >= 11 is 0. The molecule has 0 radical (unpaired) electrons. The minimum absolute atomic E-state index is 0.0272. The SMILES string of the molecule is CCO[C@@H]([C@H]1C[C@@H](C)[C@H]2[C@H](O1)[C@H](O)[C@@]1(C)[C@@H]3CC[C@H]4C(C)(C)[C@@H](O[C@H]5CN(CC6CNC6)CCO5)CC[C@@]45C[C@@]35CC[C@]21C)C(C)(C)O. The van der Waals surface area contributed by atoms with Gasteiger partial charge in [0.15, 0.2) is 6.29 Å². The molecule has 8 aliphatic rings. The number of nitrogens with zero attached hydrogens (tertiary/aromatic N) is 1. The number of nitrogens with one attached hydrogen (secondary N) is 1. The summed E-state index contributed by atoms with van der Waals surface area (Å²) in [6.45, 7) is 24.7. The molecule has 14 atom stereocenters. The van der Waals surface area contributed by atoms with E-state index in [9.17, 15) is 10.2 Å². The first-order chi connectivity index (χ1) is 22.6. The molecule has 8 heteroatoms. The number of hydrogen-bond donors (Lipinski definition) is 3. The quantitative estimate of drug-likeness (QED) is 0.323. The molecule has 8 nitrogen and oxygen atoms in total. The van der Waals surface area contributed by atoms with E-state index in [-0.39, 0.29) is 40.8 Å². The number of fused-ring (bicyclic) bond motifs is 4. The third-order valence-corrected chi connectivity index (χ3v) is 17.0. The summed E-state index contributed by atoms with van der Waals surface area (Å²) < 4.78 is 26.3. The fraction of sp³-hybridized carbons (Fsp3) is 1.00. The van der Waals surface area contributed by atoms with Crippen molar-refractivity contribution in [2.24, 2.45) is 56.7 Å². The lowest BCUT2D eigenvalue weighted by molar-refractivity contribution is -0.249. The zero-order valence-electron chi connectivity index (χ0n) is 31.4. The van der Waals surface area contributed by atoms with Gasteiger partial charge in [0, 0.05) is 44.7 Å². The molecular formula is C40H68N2O6. The van der Waals surface area contributed by atoms with Crippen molar-refractivity contribution in [3.63, 3.8) is 0 Å². The largest absolute Gasteiger partial charge is 0.390 e. The van der Waals surface area contributed by atoms with Crippen molar-refractivity contribution < 1.29 is 29.2 Å². The lowest BCUT2D eigenvalue weighted by atomic mass is 9.41. The normalized spacial score (nSPS) is 52.2. The van der Waals surface area contributed by atoms with Crippen molar-refractivity contribution >= 4 is 0 Å². The highest BCUT2D eigenvalue weighted by Gasteiger charge is 2.84. The third-order valence-electron chi connectivity index (χ3n) is 17.0. The Morgan fingerprint density at radius 3 is 2.44 bits per heavy atom. The molecule has 8 fully saturated rings. The monoisotopic (exact) mass is 673 g/mol. The Labute approximate surface area is 290 Å². The summed E-state index contributed by atoms with van der Waals surface area (Å²) in [7, 11) is 0. The van der Waals surface area contributed by atoms with Gasteiger partial charge < -0.3 is 34.5 Å². The van der Waals surface area contributed by atoms with Crippen LogP contribution in [0.5, 0.6) is 0 Å². The van der Waals surface area contributed by atoms with E-state index in [1.54, 1.807) is 0 Å². The van der Waals surface area contributed by atoms with E-state index < -0.39 is 17.8 Å². The van der Waals surface area contributed by atoms with Crippen molar-refractivity contribution in [1.82, 2.24) is 10.2 Å². The van der Waals surface area contributed by atoms with Crippen molar-refractivity contribution in [2.75, 3.05) is 45.9 Å². The Morgan fingerprint density at radius 2 is 1.75 bits per heavy atom. The van der Waals surface area contributed by atoms with Gasteiger partial charge in [-0.15, -0.1) is 0 Å². The molecule has 0 unspecified atom stereocenters. The molecule has 0 aromatic rings. The number of aliphatic hydroxyl groups excluding tert-OH is 1. The van der Waals surface area contributed by atoms with E-state index in [0.717, 1.165) is 58.1 Å². The molecule has 0 aromatic heterocycles. The van der Waals surface area contributed by atoms with Gasteiger partial charge in [0.05, 0.1) is 36.6 Å². The van der Waals surface area contributed by atoms with Crippen molar-refractivity contribution in [3.05, 3.63) is 0 Å². The van der Waals surface area contributed by atoms with Crippen LogP contribution in [0.25, 0.3) is 0 Å². The highest BCUT2D eigenvalue weighted by molar-refractivity contribution is 5.33. The maximum Gasteiger partial charge on any atom is 0.170 e. The first-order valence-corrected chi connectivity index (χ1v) is 20.0. The molecule has 0 aromatic carbocycles. The molecule has 5 saturated carbocycles. The Hall–Kier alpha value is -0.320. The molecular weight excluding hydrogens is 604 g/mol. The van der Waals surface area contributed by atoms with Gasteiger partial charge in [-0.05, 0) is 123 Å². The van der Waals surface area contributed by atoms with Crippen LogP contribution in [0.15, 0.2) is 0 Å². The van der Waals surface area contributed by atoms with E-state index in [1.807, 2.05) is 20.8 Å². The van der Waals surface area contributed by atoms with Crippen LogP contribution in [0.1, 0.15) is 107 Å². The van der Waals surface area contributed by atoms with Crippen LogP contribution in [0.2, 0.25) is 0 Å². The summed E-state index contributed by atoms with van der Waals surface area (Å²) in [5, 5.41) is 27.1. The zero-order chi connectivity index (χ0) is 34.1. The van der Waals surface area contributed by atoms with Gasteiger partial charge in [0.25, 0.3) is 0 Å². The number of hydrogen-bond acceptors (Lipinski definition) is 8. The second-order valence-electron chi connectivity index (χ2n) is 19.8. The highest BCUT2D eigenvalue weighted by atomic mass is 16.7. The Morgan fingerprint density at radius 1 is 1.02 bits per heavy atom. The Kier molecular flexibility index (Phi) is 8.39. The van der Waals surface area contributed by atoms with Gasteiger partial charge in [-0.3, -0.25) is 4.90 Å². The fourth-order valence-electron chi connectivity index (χ4n) is 14.6. The van der Waals surface area contributed by atoms with Gasteiger partial charge in [-0.25, -0.2) is 0 Å². The minimum atomic E-state index is -1.01. The van der Waals surface area contributed by atoms with E-state index in [1.165, 1.54) is 38.5 Å². The second kappa shape index (κ2) is 11.6. The van der Waals surface area contributed by atoms with E-state index in [4.69, 9.17) is 18.9 Å². The average Bonchev–Trinajstić information content (AvgIpc) is 3.63. The standard InChI is InChI=1S/C40H68N2O6/c1-9-45-34(36(5,6)44)26-18-24(2)31-32(47-26)33(43)38(8)28-11-10-27-35(3,4)29(12-13-39(27)23-40(28,39)15-14-37(31,38)7)48-30-22-42(16-17-46-30)21-25-19-41-20-25/h24-34,41,43-44H,9-23H2,1-8H3/t24-,26-,27+,28+,29+,30+,31+,32+,33+,34+,37-,38-,39-,40+/m1/s1. The first kappa shape index (κ1) is 34.7. The molecule has 5 aliphatic carbocycles. The van der Waals surface area contributed by atoms with Crippen molar-refractivity contribution in [2.45, 2.75) is 149 Å². The lowest BCUT2D eigenvalue weighted by Gasteiger charge is -2.64. The Balaban J connectivity index is 1.01. The highest BCUT2D eigenvalue weighted by Crippen LogP contribution is 2.89. The smallest absolute Gasteiger partial charge is 0.170 e. The predicted octanol–water partition coefficient (Wildman–Crippen LogP) is 5.24. The van der Waals surface area contributed by atoms with Crippen LogP contribution in [0, 0.1) is 56.7 Å². The van der Waals surface area contributed by atoms with Crippen molar-refractivity contribution in [1.29, 1.82) is 0 Å². The molecule has 8 rings (SSSR count). The van der Waals surface area contributed by atoms with Gasteiger partial charge in [-0.2, -0.15) is 0 Å². The molecule has 3 aliphatic heterocycles. The number of ether oxygens (including phenoxy) is 4. The maximum absolute atomic E-state index is 12.6. The summed E-state index contributed by atoms with van der Waals surface area (Å²) in [5.41, 5.74) is -0.397. The lowest BCUT2D eigenvalue weighted by Crippen LogP contribution is -2.60. The third kappa shape index (κ3) is 4.74. The number of aliphatic hydroxyl groups is 2. The summed E-state index contributed by atoms with van der Waals surface area (Å²) in [6.07, 6.45) is 8.20. The molecule has 3 N–H and O–H groups in total. The first-order valence-electron chi connectivity index (χ1n) is 20.0. The topological polar surface area (TPSA) is 92.7 Å². The van der Waals surface area contributed by atoms with E-state index >= 15 is 0 Å². The minimum Gasteiger partial charge on any atom is -0.390 e. The summed E-state index contributed by atoms with van der Waals surface area (Å²) in [5.74, 6) is 2.64. The van der Waals surface area contributed by atoms with Gasteiger partial charge in [0.2, 0.25) is 0 Å².